The SMILES string of the molecule is O=C(O)c1cn(Cc2ccccc2-c2ccccc2)c2nc(CC3CCCC3)sc2c1=O. The van der Waals surface area contributed by atoms with Gasteiger partial charge in [-0.1, -0.05) is 80.3 Å². The van der Waals surface area contributed by atoms with Crippen molar-refractivity contribution in [2.75, 3.05) is 0 Å². The molecular weight excluding hydrogens is 420 g/mol. The van der Waals surface area contributed by atoms with Gasteiger partial charge in [0.15, 0.2) is 5.65 Å². The summed E-state index contributed by atoms with van der Waals surface area (Å²) in [5.41, 5.74) is 3.17. The Balaban J connectivity index is 1.61. The molecule has 0 amide bonds. The first-order valence-electron chi connectivity index (χ1n) is 11.0. The minimum absolute atomic E-state index is 0.203. The molecule has 0 saturated heterocycles. The van der Waals surface area contributed by atoms with E-state index in [9.17, 15) is 14.7 Å². The summed E-state index contributed by atoms with van der Waals surface area (Å²) in [6, 6.07) is 18.2. The van der Waals surface area contributed by atoms with Crippen molar-refractivity contribution in [2.24, 2.45) is 5.92 Å². The summed E-state index contributed by atoms with van der Waals surface area (Å²) < 4.78 is 2.27. The summed E-state index contributed by atoms with van der Waals surface area (Å²) in [6.45, 7) is 0.439. The first-order chi connectivity index (χ1) is 15.6. The molecule has 2 heterocycles. The van der Waals surface area contributed by atoms with Gasteiger partial charge in [0.2, 0.25) is 5.43 Å². The number of hydrogen-bond acceptors (Lipinski definition) is 4. The number of hydrogen-bond donors (Lipinski definition) is 1. The zero-order valence-corrected chi connectivity index (χ0v) is 18.5. The van der Waals surface area contributed by atoms with Gasteiger partial charge in [-0.15, -0.1) is 11.3 Å². The normalized spacial score (nSPS) is 14.2. The summed E-state index contributed by atoms with van der Waals surface area (Å²) in [5, 5.41) is 10.6. The van der Waals surface area contributed by atoms with E-state index in [1.807, 2.05) is 41.0 Å². The fourth-order valence-electron chi connectivity index (χ4n) is 4.66. The molecule has 0 atom stereocenters. The van der Waals surface area contributed by atoms with Crippen molar-refractivity contribution in [3.63, 3.8) is 0 Å². The van der Waals surface area contributed by atoms with Crippen LogP contribution in [0, 0.1) is 5.92 Å². The number of fused-ring (bicyclic) bond motifs is 1. The zero-order valence-electron chi connectivity index (χ0n) is 17.7. The van der Waals surface area contributed by atoms with E-state index in [-0.39, 0.29) is 5.56 Å². The van der Waals surface area contributed by atoms with Crippen molar-refractivity contribution in [1.82, 2.24) is 9.55 Å². The Hall–Kier alpha value is -3.25. The summed E-state index contributed by atoms with van der Waals surface area (Å²) in [6.07, 6.45) is 7.22. The molecule has 5 rings (SSSR count). The van der Waals surface area contributed by atoms with Crippen molar-refractivity contribution < 1.29 is 9.90 Å². The molecule has 32 heavy (non-hydrogen) atoms. The minimum atomic E-state index is -1.20. The lowest BCUT2D eigenvalue weighted by Crippen LogP contribution is -2.18. The molecule has 0 spiro atoms. The maximum atomic E-state index is 12.9. The van der Waals surface area contributed by atoms with Crippen LogP contribution < -0.4 is 5.43 Å². The van der Waals surface area contributed by atoms with Crippen LogP contribution in [0.25, 0.3) is 21.5 Å². The molecule has 1 aliphatic rings. The van der Waals surface area contributed by atoms with Crippen LogP contribution in [0.2, 0.25) is 0 Å². The molecule has 0 bridgehead atoms. The average Bonchev–Trinajstić information content (AvgIpc) is 3.47. The van der Waals surface area contributed by atoms with Crippen LogP contribution in [-0.4, -0.2) is 20.6 Å². The highest BCUT2D eigenvalue weighted by Crippen LogP contribution is 2.31. The molecule has 5 nitrogen and oxygen atoms in total. The van der Waals surface area contributed by atoms with Crippen LogP contribution in [0.5, 0.6) is 0 Å². The van der Waals surface area contributed by atoms with Crippen molar-refractivity contribution >= 4 is 27.7 Å². The molecule has 2 aromatic carbocycles. The van der Waals surface area contributed by atoms with E-state index in [4.69, 9.17) is 4.98 Å². The monoisotopic (exact) mass is 444 g/mol. The Morgan fingerprint density at radius 2 is 1.78 bits per heavy atom. The van der Waals surface area contributed by atoms with Crippen LogP contribution in [0.15, 0.2) is 65.6 Å². The Kier molecular flexibility index (Phi) is 5.62. The topological polar surface area (TPSA) is 72.2 Å². The molecule has 1 aliphatic carbocycles. The maximum absolute atomic E-state index is 12.9. The standard InChI is InChI=1S/C26H24N2O3S/c29-23-21(26(30)31)16-28(25-24(23)32-22(27-25)14-17-8-4-5-9-17)15-19-12-6-7-13-20(19)18-10-2-1-3-11-18/h1-3,6-7,10-13,16-17H,4-5,8-9,14-15H2,(H,30,31). The van der Waals surface area contributed by atoms with Gasteiger partial charge in [-0.25, -0.2) is 9.78 Å². The molecule has 2 aromatic heterocycles. The number of rotatable bonds is 6. The van der Waals surface area contributed by atoms with Gasteiger partial charge in [0.1, 0.15) is 10.3 Å². The highest BCUT2D eigenvalue weighted by Gasteiger charge is 2.22. The second-order valence-electron chi connectivity index (χ2n) is 8.44. The smallest absolute Gasteiger partial charge is 0.341 e. The van der Waals surface area contributed by atoms with Crippen molar-refractivity contribution in [1.29, 1.82) is 0 Å². The van der Waals surface area contributed by atoms with Gasteiger partial charge in [0, 0.05) is 19.2 Å². The molecule has 4 aromatic rings. The number of thiazole rings is 1. The number of nitrogens with zero attached hydrogens (tertiary/aromatic N) is 2. The molecule has 1 N–H and O–H groups in total. The first kappa shape index (κ1) is 20.6. The Labute approximate surface area is 190 Å². The van der Waals surface area contributed by atoms with Gasteiger partial charge < -0.3 is 9.67 Å². The van der Waals surface area contributed by atoms with Crippen LogP contribution in [0.4, 0.5) is 0 Å². The molecule has 0 aliphatic heterocycles. The Morgan fingerprint density at radius 1 is 1.06 bits per heavy atom. The Bertz CT molecular complexity index is 1330. The fraction of sp³-hybridized carbons (Fsp3) is 0.269. The van der Waals surface area contributed by atoms with E-state index in [1.54, 1.807) is 0 Å². The van der Waals surface area contributed by atoms with Crippen LogP contribution in [0.3, 0.4) is 0 Å². The third-order valence-electron chi connectivity index (χ3n) is 6.27. The lowest BCUT2D eigenvalue weighted by Gasteiger charge is -2.13. The van der Waals surface area contributed by atoms with Gasteiger partial charge in [-0.05, 0) is 22.6 Å². The fourth-order valence-corrected chi connectivity index (χ4v) is 5.80. The van der Waals surface area contributed by atoms with Gasteiger partial charge in [0.25, 0.3) is 0 Å². The lowest BCUT2D eigenvalue weighted by atomic mass is 9.99. The van der Waals surface area contributed by atoms with Crippen LogP contribution in [0.1, 0.15) is 46.6 Å². The van der Waals surface area contributed by atoms with E-state index in [1.165, 1.54) is 43.2 Å². The van der Waals surface area contributed by atoms with Gasteiger partial charge >= 0.3 is 5.97 Å². The summed E-state index contributed by atoms with van der Waals surface area (Å²) in [5.74, 6) is -0.593. The van der Waals surface area contributed by atoms with Crippen LogP contribution >= 0.6 is 11.3 Å². The van der Waals surface area contributed by atoms with Crippen LogP contribution in [-0.2, 0) is 13.0 Å². The number of pyridine rings is 1. The molecule has 162 valence electrons. The molecule has 6 heteroatoms. The minimum Gasteiger partial charge on any atom is -0.477 e. The number of aromatic nitrogens is 2. The second-order valence-corrected chi connectivity index (χ2v) is 9.53. The lowest BCUT2D eigenvalue weighted by molar-refractivity contribution is 0.0695. The van der Waals surface area contributed by atoms with E-state index in [2.05, 4.69) is 18.2 Å². The van der Waals surface area contributed by atoms with E-state index >= 15 is 0 Å². The zero-order chi connectivity index (χ0) is 22.1. The number of carbonyl (C=O) groups is 1. The molecule has 1 saturated carbocycles. The number of aromatic carboxylic acids is 1. The Morgan fingerprint density at radius 3 is 2.53 bits per heavy atom. The average molecular weight is 445 g/mol. The van der Waals surface area contributed by atoms with Gasteiger partial charge in [0.05, 0.1) is 5.01 Å². The van der Waals surface area contributed by atoms with Crippen molar-refractivity contribution in [2.45, 2.75) is 38.6 Å². The summed E-state index contributed by atoms with van der Waals surface area (Å²) in [4.78, 5) is 29.5. The predicted octanol–water partition coefficient (Wildman–Crippen LogP) is 5.60. The second kappa shape index (κ2) is 8.71. The molecular formula is C26H24N2O3S. The molecule has 0 radical (unpaired) electrons. The molecule has 0 unspecified atom stereocenters. The predicted molar refractivity (Wildman–Crippen MR) is 127 cm³/mol. The number of carboxylic acid groups (broad SMARTS) is 1. The van der Waals surface area contributed by atoms with Gasteiger partial charge in [-0.3, -0.25) is 4.79 Å². The van der Waals surface area contributed by atoms with E-state index < -0.39 is 11.4 Å². The summed E-state index contributed by atoms with van der Waals surface area (Å²) in [7, 11) is 0. The highest BCUT2D eigenvalue weighted by atomic mass is 32.1. The highest BCUT2D eigenvalue weighted by molar-refractivity contribution is 7.18. The van der Waals surface area contributed by atoms with E-state index in [0.717, 1.165) is 28.1 Å². The molecule has 1 fully saturated rings. The van der Waals surface area contributed by atoms with Crippen molar-refractivity contribution in [3.05, 3.63) is 87.2 Å². The first-order valence-corrected chi connectivity index (χ1v) is 11.8. The van der Waals surface area contributed by atoms with Gasteiger partial charge in [-0.2, -0.15) is 0 Å². The summed E-state index contributed by atoms with van der Waals surface area (Å²) >= 11 is 1.36. The largest absolute Gasteiger partial charge is 0.477 e. The quantitative estimate of drug-likeness (QED) is 0.420. The third kappa shape index (κ3) is 3.98. The van der Waals surface area contributed by atoms with Crippen molar-refractivity contribution in [3.8, 4) is 11.1 Å². The number of carboxylic acids is 1. The van der Waals surface area contributed by atoms with E-state index in [0.29, 0.717) is 22.8 Å². The number of benzene rings is 2. The third-order valence-corrected chi connectivity index (χ3v) is 7.34. The maximum Gasteiger partial charge on any atom is 0.341 e.